The molecule has 0 saturated carbocycles. The van der Waals surface area contributed by atoms with Crippen molar-refractivity contribution in [2.75, 3.05) is 13.6 Å². The zero-order valence-electron chi connectivity index (χ0n) is 18.0. The summed E-state index contributed by atoms with van der Waals surface area (Å²) in [6, 6.07) is 7.92. The highest BCUT2D eigenvalue weighted by Gasteiger charge is 2.38. The number of carbonyl (C=O) groups is 1. The summed E-state index contributed by atoms with van der Waals surface area (Å²) < 4.78 is 35.0. The van der Waals surface area contributed by atoms with Crippen molar-refractivity contribution in [3.8, 4) is 5.75 Å². The van der Waals surface area contributed by atoms with Gasteiger partial charge in [-0.3, -0.25) is 14.5 Å². The third-order valence-corrected chi connectivity index (χ3v) is 5.95. The second kappa shape index (κ2) is 8.66. The van der Waals surface area contributed by atoms with Crippen LogP contribution in [-0.2, 0) is 13.0 Å². The number of rotatable bonds is 6. The number of nitrogens with one attached hydrogen (secondary N) is 2. The van der Waals surface area contributed by atoms with E-state index in [0.717, 1.165) is 0 Å². The first-order chi connectivity index (χ1) is 15.3. The van der Waals surface area contributed by atoms with Gasteiger partial charge in [-0.2, -0.15) is 4.39 Å². The molecule has 3 aromatic rings. The lowest BCUT2D eigenvalue weighted by Gasteiger charge is -2.45. The van der Waals surface area contributed by atoms with Gasteiger partial charge in [0.2, 0.25) is 0 Å². The van der Waals surface area contributed by atoms with E-state index in [1.165, 1.54) is 19.2 Å². The van der Waals surface area contributed by atoms with Gasteiger partial charge in [0, 0.05) is 42.7 Å². The molecule has 0 aliphatic carbocycles. The SMILES string of the molecule is CCc1cc2ccc(CN3CC(Oc4ccc(C(=O)NC)nc4F)C3C)c(F)c2[nH]c1=O. The molecule has 3 heterocycles. The predicted molar refractivity (Wildman–Crippen MR) is 116 cm³/mol. The second-order valence-corrected chi connectivity index (χ2v) is 7.87. The number of likely N-dealkylation sites (tertiary alicyclic amines) is 1. The van der Waals surface area contributed by atoms with Crippen LogP contribution in [0.5, 0.6) is 5.75 Å². The standard InChI is InChI=1S/C23H24F2N4O3/c1-4-13-9-14-5-6-15(19(24)20(14)28-22(13)30)10-29-11-18(12(29)2)32-17-8-7-16(23(31)26-3)27-21(17)25/h5-9,12,18H,4,10-11H2,1-3H3,(H,26,31)(H,28,30). The fraction of sp³-hybridized carbons (Fsp3) is 0.348. The second-order valence-electron chi connectivity index (χ2n) is 7.87. The molecule has 2 aromatic heterocycles. The minimum Gasteiger partial charge on any atom is -0.483 e. The van der Waals surface area contributed by atoms with E-state index < -0.39 is 17.7 Å². The van der Waals surface area contributed by atoms with Gasteiger partial charge in [-0.1, -0.05) is 19.1 Å². The van der Waals surface area contributed by atoms with Crippen LogP contribution in [0.1, 0.15) is 35.5 Å². The van der Waals surface area contributed by atoms with E-state index in [9.17, 15) is 14.0 Å². The summed E-state index contributed by atoms with van der Waals surface area (Å²) in [5.74, 6) is -1.81. The van der Waals surface area contributed by atoms with Crippen molar-refractivity contribution in [2.45, 2.75) is 39.0 Å². The Morgan fingerprint density at radius 2 is 2.06 bits per heavy atom. The van der Waals surface area contributed by atoms with Gasteiger partial charge in [0.25, 0.3) is 17.4 Å². The molecule has 1 fully saturated rings. The Balaban J connectivity index is 1.45. The minimum absolute atomic E-state index is 0.0310. The first-order valence-corrected chi connectivity index (χ1v) is 10.4. The highest BCUT2D eigenvalue weighted by Crippen LogP contribution is 2.28. The fourth-order valence-corrected chi connectivity index (χ4v) is 3.85. The highest BCUT2D eigenvalue weighted by molar-refractivity contribution is 5.92. The van der Waals surface area contributed by atoms with Gasteiger partial charge in [0.1, 0.15) is 11.8 Å². The number of aryl methyl sites for hydroxylation is 1. The third kappa shape index (κ3) is 3.95. The van der Waals surface area contributed by atoms with Gasteiger partial charge in [-0.15, -0.1) is 0 Å². The van der Waals surface area contributed by atoms with Crippen LogP contribution in [0.3, 0.4) is 0 Å². The van der Waals surface area contributed by atoms with Crippen molar-refractivity contribution >= 4 is 16.8 Å². The van der Waals surface area contributed by atoms with Gasteiger partial charge in [-0.25, -0.2) is 9.37 Å². The Kier molecular flexibility index (Phi) is 5.92. The molecular weight excluding hydrogens is 418 g/mol. The number of hydrogen-bond acceptors (Lipinski definition) is 5. The minimum atomic E-state index is -0.854. The summed E-state index contributed by atoms with van der Waals surface area (Å²) in [5, 5.41) is 3.04. The lowest BCUT2D eigenvalue weighted by Crippen LogP contribution is -2.60. The Hall–Kier alpha value is -3.33. The third-order valence-electron chi connectivity index (χ3n) is 5.95. The molecule has 1 amide bonds. The molecule has 7 nitrogen and oxygen atoms in total. The molecule has 0 radical (unpaired) electrons. The van der Waals surface area contributed by atoms with Gasteiger partial charge >= 0.3 is 0 Å². The number of benzene rings is 1. The Bertz CT molecular complexity index is 1240. The summed E-state index contributed by atoms with van der Waals surface area (Å²) in [6.45, 7) is 4.59. The number of carbonyl (C=O) groups excluding carboxylic acids is 1. The quantitative estimate of drug-likeness (QED) is 0.574. The van der Waals surface area contributed by atoms with E-state index in [2.05, 4.69) is 15.3 Å². The molecule has 2 atom stereocenters. The van der Waals surface area contributed by atoms with Gasteiger partial charge in [0.05, 0.1) is 5.52 Å². The molecule has 9 heteroatoms. The average Bonchev–Trinajstić information content (AvgIpc) is 2.79. The summed E-state index contributed by atoms with van der Waals surface area (Å²) in [5.41, 5.74) is 0.975. The Morgan fingerprint density at radius 1 is 1.28 bits per heavy atom. The van der Waals surface area contributed by atoms with E-state index in [-0.39, 0.29) is 34.7 Å². The maximum atomic E-state index is 15.0. The normalized spacial score (nSPS) is 18.4. The van der Waals surface area contributed by atoms with Crippen molar-refractivity contribution in [2.24, 2.45) is 0 Å². The van der Waals surface area contributed by atoms with E-state index >= 15 is 4.39 Å². The van der Waals surface area contributed by atoms with Crippen LogP contribution in [0.2, 0.25) is 0 Å². The lowest BCUT2D eigenvalue weighted by molar-refractivity contribution is -0.0437. The van der Waals surface area contributed by atoms with Crippen molar-refractivity contribution < 1.29 is 18.3 Å². The molecule has 2 unspecified atom stereocenters. The van der Waals surface area contributed by atoms with Crippen LogP contribution in [0.25, 0.3) is 10.9 Å². The van der Waals surface area contributed by atoms with Crippen molar-refractivity contribution in [3.05, 3.63) is 69.3 Å². The van der Waals surface area contributed by atoms with Crippen LogP contribution >= 0.6 is 0 Å². The number of nitrogens with zero attached hydrogens (tertiary/aromatic N) is 2. The lowest BCUT2D eigenvalue weighted by atomic mass is 9.99. The summed E-state index contributed by atoms with van der Waals surface area (Å²) in [6.07, 6.45) is 0.277. The van der Waals surface area contributed by atoms with Crippen LogP contribution in [0.15, 0.2) is 35.1 Å². The largest absolute Gasteiger partial charge is 0.483 e. The first-order valence-electron chi connectivity index (χ1n) is 10.4. The molecule has 32 heavy (non-hydrogen) atoms. The molecule has 0 spiro atoms. The topological polar surface area (TPSA) is 87.3 Å². The number of H-pyrrole nitrogens is 1. The Labute approximate surface area is 183 Å². The molecular formula is C23H24F2N4O3. The van der Waals surface area contributed by atoms with E-state index in [0.29, 0.717) is 36.0 Å². The number of hydrogen-bond donors (Lipinski definition) is 2. The van der Waals surface area contributed by atoms with Crippen LogP contribution in [0.4, 0.5) is 8.78 Å². The summed E-state index contributed by atoms with van der Waals surface area (Å²) in [4.78, 5) is 31.9. The van der Waals surface area contributed by atoms with Crippen LogP contribution < -0.4 is 15.6 Å². The molecule has 1 aliphatic heterocycles. The number of aromatic amines is 1. The maximum Gasteiger partial charge on any atom is 0.269 e. The molecule has 1 saturated heterocycles. The number of ether oxygens (including phenoxy) is 1. The molecule has 168 valence electrons. The maximum absolute atomic E-state index is 15.0. The zero-order chi connectivity index (χ0) is 23.0. The van der Waals surface area contributed by atoms with Crippen molar-refractivity contribution in [3.63, 3.8) is 0 Å². The highest BCUT2D eigenvalue weighted by atomic mass is 19.1. The Morgan fingerprint density at radius 3 is 2.72 bits per heavy atom. The van der Waals surface area contributed by atoms with Crippen molar-refractivity contribution in [1.82, 2.24) is 20.2 Å². The number of pyridine rings is 2. The number of amides is 1. The smallest absolute Gasteiger partial charge is 0.269 e. The van der Waals surface area contributed by atoms with E-state index in [4.69, 9.17) is 4.74 Å². The molecule has 2 N–H and O–H groups in total. The summed E-state index contributed by atoms with van der Waals surface area (Å²) >= 11 is 0. The fourth-order valence-electron chi connectivity index (χ4n) is 3.85. The van der Waals surface area contributed by atoms with Gasteiger partial charge in [-0.05, 0) is 31.5 Å². The number of aromatic nitrogens is 2. The van der Waals surface area contributed by atoms with E-state index in [1.807, 2.05) is 18.7 Å². The van der Waals surface area contributed by atoms with Crippen LogP contribution in [0, 0.1) is 11.8 Å². The number of halogens is 2. The molecule has 4 rings (SSSR count). The zero-order valence-corrected chi connectivity index (χ0v) is 18.0. The number of fused-ring (bicyclic) bond motifs is 1. The van der Waals surface area contributed by atoms with Gasteiger partial charge in [0.15, 0.2) is 11.6 Å². The summed E-state index contributed by atoms with van der Waals surface area (Å²) in [7, 11) is 1.44. The predicted octanol–water partition coefficient (Wildman–Crippen LogP) is 2.78. The monoisotopic (exact) mass is 442 g/mol. The van der Waals surface area contributed by atoms with Crippen LogP contribution in [-0.4, -0.2) is 46.5 Å². The first kappa shape index (κ1) is 21.9. The molecule has 1 aliphatic rings. The van der Waals surface area contributed by atoms with Gasteiger partial charge < -0.3 is 15.0 Å². The molecule has 0 bridgehead atoms. The van der Waals surface area contributed by atoms with Crippen molar-refractivity contribution in [1.29, 1.82) is 0 Å². The average molecular weight is 442 g/mol. The van der Waals surface area contributed by atoms with E-state index in [1.54, 1.807) is 18.2 Å². The molecule has 1 aromatic carbocycles.